The van der Waals surface area contributed by atoms with Gasteiger partial charge < -0.3 is 30.6 Å². The van der Waals surface area contributed by atoms with E-state index in [1.807, 2.05) is 12.1 Å². The molecule has 0 aromatic carbocycles. The van der Waals surface area contributed by atoms with E-state index in [-0.39, 0.29) is 69.6 Å². The van der Waals surface area contributed by atoms with E-state index in [0.29, 0.717) is 44.1 Å². The molecular formula is C20H29N5O6Tm-2. The minimum atomic E-state index is -1.23. The molecule has 32 heavy (non-hydrogen) atoms. The monoisotopic (exact) mass is 604 g/mol. The average Bonchev–Trinajstić information content (AvgIpc) is 2.66. The third-order valence-electron chi connectivity index (χ3n) is 4.96. The van der Waals surface area contributed by atoms with E-state index in [2.05, 4.69) is 4.98 Å². The summed E-state index contributed by atoms with van der Waals surface area (Å²) < 4.78 is 0. The summed E-state index contributed by atoms with van der Waals surface area (Å²) >= 11 is 0. The van der Waals surface area contributed by atoms with Gasteiger partial charge in [0.25, 0.3) is 0 Å². The van der Waals surface area contributed by atoms with Crippen LogP contribution < -0.4 is 15.9 Å². The predicted octanol–water partition coefficient (Wildman–Crippen LogP) is -3.52. The quantitative estimate of drug-likeness (QED) is 0.287. The molecule has 12 heteroatoms. The minimum Gasteiger partial charge on any atom is -0.549 e. The Labute approximate surface area is 216 Å². The first-order chi connectivity index (χ1) is 14.7. The van der Waals surface area contributed by atoms with Crippen LogP contribution in [0.15, 0.2) is 12.1 Å². The number of aromatic nitrogens is 1. The van der Waals surface area contributed by atoms with Gasteiger partial charge in [-0.1, -0.05) is 0 Å². The van der Waals surface area contributed by atoms with Gasteiger partial charge in [-0.15, -0.1) is 0 Å². The summed E-state index contributed by atoms with van der Waals surface area (Å²) in [7, 11) is 0. The molecule has 11 nitrogen and oxygen atoms in total. The maximum absolute atomic E-state index is 11.2. The summed E-state index contributed by atoms with van der Waals surface area (Å²) in [4.78, 5) is 43.2. The molecule has 2 heterocycles. The Morgan fingerprint density at radius 1 is 0.906 bits per heavy atom. The fourth-order valence-electron chi connectivity index (χ4n) is 3.61. The molecule has 185 valence electrons. The molecule has 3 N–H and O–H groups in total. The van der Waals surface area contributed by atoms with Crippen molar-refractivity contribution in [3.8, 4) is 0 Å². The molecule has 0 atom stereocenters. The first-order valence-corrected chi connectivity index (χ1v) is 10.2. The van der Waals surface area contributed by atoms with Gasteiger partial charge in [-0.3, -0.25) is 24.5 Å². The summed E-state index contributed by atoms with van der Waals surface area (Å²) in [6, 6.07) is 3.79. The number of carboxylic acids is 3. The number of aryl methyl sites for hydroxylation is 1. The zero-order chi connectivity index (χ0) is 22.8. The van der Waals surface area contributed by atoms with Crippen molar-refractivity contribution < 1.29 is 66.6 Å². The van der Waals surface area contributed by atoms with Crippen molar-refractivity contribution in [3.63, 3.8) is 0 Å². The molecule has 0 unspecified atom stereocenters. The van der Waals surface area contributed by atoms with Crippen LogP contribution in [0, 0.1) is 36.9 Å². The molecule has 0 fully saturated rings. The number of pyridine rings is 1. The SMILES string of the molecule is NCCCc1cc2nc(c1)CN(CC(=O)[O-])CCN(CC(=O)O)CCN(CC(=O)[O-])C2.[Tm]. The Bertz CT molecular complexity index is 733. The molecule has 0 amide bonds. The second-order valence-electron chi connectivity index (χ2n) is 7.69. The first kappa shape index (κ1) is 28.7. The van der Waals surface area contributed by atoms with Gasteiger partial charge in [0.15, 0.2) is 0 Å². The fourth-order valence-corrected chi connectivity index (χ4v) is 3.61. The van der Waals surface area contributed by atoms with Crippen LogP contribution >= 0.6 is 0 Å². The van der Waals surface area contributed by atoms with Crippen molar-refractivity contribution in [3.05, 3.63) is 29.1 Å². The number of rotatable bonds is 9. The van der Waals surface area contributed by atoms with Gasteiger partial charge in [0, 0.05) is 89.2 Å². The van der Waals surface area contributed by atoms with Crippen LogP contribution in [0.3, 0.4) is 0 Å². The number of fused-ring (bicyclic) bond motifs is 2. The molecule has 1 aliphatic rings. The molecule has 1 aromatic heterocycles. The van der Waals surface area contributed by atoms with Crippen molar-refractivity contribution in [2.45, 2.75) is 25.9 Å². The largest absolute Gasteiger partial charge is 0.549 e. The third kappa shape index (κ3) is 11.0. The zero-order valence-electron chi connectivity index (χ0n) is 17.8. The Kier molecular flexibility index (Phi) is 13.2. The summed E-state index contributed by atoms with van der Waals surface area (Å²) in [5, 5.41) is 31.6. The maximum atomic E-state index is 11.2. The van der Waals surface area contributed by atoms with E-state index in [1.54, 1.807) is 14.7 Å². The molecule has 0 saturated carbocycles. The van der Waals surface area contributed by atoms with Gasteiger partial charge in [-0.05, 0) is 37.1 Å². The molecule has 2 bridgehead atoms. The van der Waals surface area contributed by atoms with E-state index in [0.717, 1.165) is 18.4 Å². The van der Waals surface area contributed by atoms with E-state index in [4.69, 9.17) is 5.73 Å². The molecule has 0 spiro atoms. The van der Waals surface area contributed by atoms with Crippen LogP contribution in [-0.4, -0.2) is 95.1 Å². The van der Waals surface area contributed by atoms with Gasteiger partial charge in [-0.2, -0.15) is 0 Å². The van der Waals surface area contributed by atoms with Crippen LogP contribution in [0.4, 0.5) is 0 Å². The van der Waals surface area contributed by atoms with Crippen molar-refractivity contribution in [1.82, 2.24) is 19.7 Å². The predicted molar refractivity (Wildman–Crippen MR) is 106 cm³/mol. The Morgan fingerprint density at radius 2 is 1.38 bits per heavy atom. The average molecular weight is 604 g/mol. The second kappa shape index (κ2) is 14.7. The van der Waals surface area contributed by atoms with Crippen LogP contribution in [0.5, 0.6) is 0 Å². The second-order valence-corrected chi connectivity index (χ2v) is 7.69. The topological polar surface area (TPSA) is 166 Å². The number of nitrogens with zero attached hydrogens (tertiary/aromatic N) is 4. The molecule has 1 aromatic rings. The van der Waals surface area contributed by atoms with Gasteiger partial charge in [0.2, 0.25) is 0 Å². The van der Waals surface area contributed by atoms with Crippen molar-refractivity contribution in [1.29, 1.82) is 0 Å². The maximum Gasteiger partial charge on any atom is 0.317 e. The van der Waals surface area contributed by atoms with Crippen molar-refractivity contribution in [2.75, 3.05) is 52.4 Å². The van der Waals surface area contributed by atoms with Gasteiger partial charge in [0.1, 0.15) is 0 Å². The van der Waals surface area contributed by atoms with E-state index >= 15 is 0 Å². The van der Waals surface area contributed by atoms with Crippen LogP contribution in [0.1, 0.15) is 23.4 Å². The number of hydrogen-bond donors (Lipinski definition) is 2. The summed E-state index contributed by atoms with van der Waals surface area (Å²) in [5.41, 5.74) is 7.93. The molecule has 1 aliphatic heterocycles. The number of carbonyl (C=O) groups excluding carboxylic acids is 2. The van der Waals surface area contributed by atoms with Crippen LogP contribution in [-0.2, 0) is 33.9 Å². The van der Waals surface area contributed by atoms with E-state index < -0.39 is 17.9 Å². The molecule has 1 radical (unpaired) electrons. The smallest absolute Gasteiger partial charge is 0.317 e. The van der Waals surface area contributed by atoms with E-state index in [9.17, 15) is 29.7 Å². The number of carbonyl (C=O) groups is 3. The number of nitrogens with two attached hydrogens (primary N) is 1. The third-order valence-corrected chi connectivity index (χ3v) is 4.96. The Balaban J connectivity index is 0.00000512. The van der Waals surface area contributed by atoms with Crippen LogP contribution in [0.2, 0.25) is 0 Å². The Hall–Kier alpha value is -1.37. The fraction of sp³-hybridized carbons (Fsp3) is 0.600. The zero-order valence-corrected chi connectivity index (χ0v) is 19.6. The van der Waals surface area contributed by atoms with Gasteiger partial charge in [-0.25, -0.2) is 0 Å². The number of hydrogen-bond acceptors (Lipinski definition) is 10. The van der Waals surface area contributed by atoms with Gasteiger partial charge in [0.05, 0.1) is 29.9 Å². The van der Waals surface area contributed by atoms with Gasteiger partial charge >= 0.3 is 5.97 Å². The molecule has 0 aliphatic carbocycles. The normalized spacial score (nSPS) is 16.4. The Morgan fingerprint density at radius 3 is 1.78 bits per heavy atom. The standard InChI is InChI=1S/C20H31N5O6.Tm/c21-3-1-2-15-8-16-10-24(13-19(28)29)6-4-23(12-18(26)27)5-7-25(14-20(30)31)11-17(9-15)22-16;/h8-9H,1-7,10-14,21H2,(H,26,27)(H,28,29)(H,30,31);/p-2. The van der Waals surface area contributed by atoms with Crippen molar-refractivity contribution >= 4 is 17.9 Å². The molecule has 2 rings (SSSR count). The van der Waals surface area contributed by atoms with Crippen molar-refractivity contribution in [2.24, 2.45) is 5.73 Å². The summed E-state index contributed by atoms with van der Waals surface area (Å²) in [6.07, 6.45) is 1.50. The minimum absolute atomic E-state index is 0. The summed E-state index contributed by atoms with van der Waals surface area (Å²) in [6.45, 7) is 1.39. The first-order valence-electron chi connectivity index (χ1n) is 10.2. The number of aliphatic carboxylic acids is 3. The molecular weight excluding hydrogens is 575 g/mol. The van der Waals surface area contributed by atoms with E-state index in [1.165, 1.54) is 0 Å². The molecule has 0 saturated heterocycles. The van der Waals surface area contributed by atoms with Crippen LogP contribution in [0.25, 0.3) is 0 Å². The summed E-state index contributed by atoms with van der Waals surface area (Å²) in [5.74, 6) is -3.46. The number of carboxylic acid groups (broad SMARTS) is 3.